The molecule has 2 aliphatic rings. The second kappa shape index (κ2) is 4.69. The summed E-state index contributed by atoms with van der Waals surface area (Å²) in [6, 6.07) is 0. The zero-order chi connectivity index (χ0) is 15.6. The van der Waals surface area contributed by atoms with E-state index in [0.717, 1.165) is 11.1 Å². The molecule has 1 aliphatic heterocycles. The SMILES string of the molecule is CC(C)(C)[Si]1(C(C)(C)C)O[C@@H]2CCC[C@@H]2[C@@H]1[Si](C)(C)C. The molecule has 1 nitrogen and oxygen atoms in total. The lowest BCUT2D eigenvalue weighted by atomic mass is 10.1. The molecule has 2 rings (SSSR count). The van der Waals surface area contributed by atoms with Crippen LogP contribution < -0.4 is 0 Å². The Hall–Kier alpha value is 0.394. The average molecular weight is 313 g/mol. The van der Waals surface area contributed by atoms with E-state index in [2.05, 4.69) is 61.2 Å². The summed E-state index contributed by atoms with van der Waals surface area (Å²) in [4.78, 5) is 0. The Bertz CT molecular complexity index is 356. The molecule has 0 unspecified atom stereocenters. The molecule has 20 heavy (non-hydrogen) atoms. The molecule has 0 aromatic rings. The maximum Gasteiger partial charge on any atom is 0.204 e. The van der Waals surface area contributed by atoms with Crippen LogP contribution in [-0.4, -0.2) is 22.5 Å². The van der Waals surface area contributed by atoms with Crippen molar-refractivity contribution < 1.29 is 4.43 Å². The van der Waals surface area contributed by atoms with E-state index in [1.165, 1.54) is 19.3 Å². The fourth-order valence-electron chi connectivity index (χ4n) is 5.76. The number of hydrogen-bond donors (Lipinski definition) is 0. The second-order valence-corrected chi connectivity index (χ2v) is 21.6. The van der Waals surface area contributed by atoms with Crippen molar-refractivity contribution in [2.75, 3.05) is 0 Å². The van der Waals surface area contributed by atoms with Gasteiger partial charge in [0, 0.05) is 14.2 Å². The van der Waals surface area contributed by atoms with Crippen LogP contribution in [-0.2, 0) is 4.43 Å². The fraction of sp³-hybridized carbons (Fsp3) is 1.00. The van der Waals surface area contributed by atoms with Gasteiger partial charge in [0.25, 0.3) is 0 Å². The first-order valence-corrected chi connectivity index (χ1v) is 14.1. The van der Waals surface area contributed by atoms with Crippen LogP contribution in [0.4, 0.5) is 0 Å². The van der Waals surface area contributed by atoms with Crippen molar-refractivity contribution in [2.45, 2.75) is 102 Å². The maximum absolute atomic E-state index is 7.11. The van der Waals surface area contributed by atoms with Gasteiger partial charge in [0.15, 0.2) is 0 Å². The molecule has 0 radical (unpaired) electrons. The van der Waals surface area contributed by atoms with Crippen LogP contribution in [0.5, 0.6) is 0 Å². The van der Waals surface area contributed by atoms with Crippen LogP contribution >= 0.6 is 0 Å². The molecule has 3 atom stereocenters. The van der Waals surface area contributed by atoms with Crippen molar-refractivity contribution in [3.05, 3.63) is 0 Å². The smallest absolute Gasteiger partial charge is 0.204 e. The normalized spacial score (nSPS) is 34.4. The minimum atomic E-state index is -1.83. The van der Waals surface area contributed by atoms with Gasteiger partial charge in [0.05, 0.1) is 0 Å². The van der Waals surface area contributed by atoms with Gasteiger partial charge in [0.1, 0.15) is 0 Å². The molecule has 0 N–H and O–H groups in total. The summed E-state index contributed by atoms with van der Waals surface area (Å²) in [7, 11) is -3.06. The average Bonchev–Trinajstić information content (AvgIpc) is 2.66. The quantitative estimate of drug-likeness (QED) is 0.541. The zero-order valence-electron chi connectivity index (χ0n) is 15.3. The molecule has 3 heteroatoms. The predicted octanol–water partition coefficient (Wildman–Crippen LogP) is 5.98. The molecule has 1 saturated heterocycles. The van der Waals surface area contributed by atoms with Crippen LogP contribution in [0.1, 0.15) is 60.8 Å². The van der Waals surface area contributed by atoms with Gasteiger partial charge >= 0.3 is 0 Å². The van der Waals surface area contributed by atoms with E-state index in [1.807, 2.05) is 0 Å². The molecule has 1 heterocycles. The molecule has 0 bridgehead atoms. The summed E-state index contributed by atoms with van der Waals surface area (Å²) < 4.78 is 7.11. The highest BCUT2D eigenvalue weighted by molar-refractivity contribution is 6.98. The summed E-state index contributed by atoms with van der Waals surface area (Å²) >= 11 is 0. The summed E-state index contributed by atoms with van der Waals surface area (Å²) in [6.45, 7) is 22.6. The van der Waals surface area contributed by atoms with Gasteiger partial charge in [-0.2, -0.15) is 0 Å². The third-order valence-corrected chi connectivity index (χ3v) is 18.4. The molecule has 1 aliphatic carbocycles. The Kier molecular flexibility index (Phi) is 3.93. The Labute approximate surface area is 129 Å². The summed E-state index contributed by atoms with van der Waals surface area (Å²) in [5.41, 5.74) is 0. The summed E-state index contributed by atoms with van der Waals surface area (Å²) in [5.74, 6) is 0.881. The lowest BCUT2D eigenvalue weighted by Crippen LogP contribution is -2.61. The summed E-state index contributed by atoms with van der Waals surface area (Å²) in [5, 5.41) is 1.59. The Morgan fingerprint density at radius 2 is 1.40 bits per heavy atom. The monoisotopic (exact) mass is 312 g/mol. The van der Waals surface area contributed by atoms with Gasteiger partial charge in [-0.05, 0) is 34.0 Å². The van der Waals surface area contributed by atoms with Crippen molar-refractivity contribution >= 4 is 16.4 Å². The van der Waals surface area contributed by atoms with Crippen molar-refractivity contribution in [2.24, 2.45) is 5.92 Å². The van der Waals surface area contributed by atoms with Gasteiger partial charge < -0.3 is 4.43 Å². The van der Waals surface area contributed by atoms with E-state index in [-0.39, 0.29) is 0 Å². The van der Waals surface area contributed by atoms with E-state index >= 15 is 0 Å². The predicted molar refractivity (Wildman–Crippen MR) is 94.5 cm³/mol. The minimum Gasteiger partial charge on any atom is -0.413 e. The van der Waals surface area contributed by atoms with Crippen LogP contribution in [0.15, 0.2) is 0 Å². The number of hydrogen-bond acceptors (Lipinski definition) is 1. The van der Waals surface area contributed by atoms with Crippen LogP contribution in [0.3, 0.4) is 0 Å². The maximum atomic E-state index is 7.11. The van der Waals surface area contributed by atoms with E-state index in [1.54, 1.807) is 0 Å². The molecule has 0 amide bonds. The van der Waals surface area contributed by atoms with E-state index in [9.17, 15) is 0 Å². The highest BCUT2D eigenvalue weighted by atomic mass is 28.4. The molecular weight excluding hydrogens is 276 g/mol. The summed E-state index contributed by atoms with van der Waals surface area (Å²) in [6.07, 6.45) is 4.75. The largest absolute Gasteiger partial charge is 0.413 e. The third-order valence-electron chi connectivity index (χ3n) is 5.87. The second-order valence-electron chi connectivity index (χ2n) is 10.3. The van der Waals surface area contributed by atoms with Gasteiger partial charge in [-0.1, -0.05) is 67.6 Å². The van der Waals surface area contributed by atoms with E-state index < -0.39 is 16.4 Å². The zero-order valence-corrected chi connectivity index (χ0v) is 17.3. The lowest BCUT2D eigenvalue weighted by Gasteiger charge is -2.55. The van der Waals surface area contributed by atoms with Gasteiger partial charge in [-0.3, -0.25) is 0 Å². The van der Waals surface area contributed by atoms with Gasteiger partial charge in [-0.25, -0.2) is 0 Å². The van der Waals surface area contributed by atoms with E-state index in [4.69, 9.17) is 4.43 Å². The van der Waals surface area contributed by atoms with Crippen molar-refractivity contribution in [1.29, 1.82) is 0 Å². The van der Waals surface area contributed by atoms with Crippen molar-refractivity contribution in [3.63, 3.8) is 0 Å². The number of rotatable bonds is 1. The standard InChI is InChI=1S/C17H36OSi2/c1-16(2,3)20(17(4,5)6)15(19(7,8)9)13-11-10-12-14(13)18-20/h13-15H,10-12H2,1-9H3/t13-,14+,15+/m0/s1. The van der Waals surface area contributed by atoms with Crippen LogP contribution in [0.2, 0.25) is 34.9 Å². The fourth-order valence-corrected chi connectivity index (χ4v) is 21.8. The van der Waals surface area contributed by atoms with Crippen molar-refractivity contribution in [3.8, 4) is 0 Å². The Balaban J connectivity index is 2.61. The van der Waals surface area contributed by atoms with Gasteiger partial charge in [0.2, 0.25) is 8.32 Å². The first-order chi connectivity index (χ1) is 8.82. The molecule has 0 aromatic heterocycles. The minimum absolute atomic E-state index is 0.334. The lowest BCUT2D eigenvalue weighted by molar-refractivity contribution is 0.180. The third kappa shape index (κ3) is 2.28. The Morgan fingerprint density at radius 1 is 0.900 bits per heavy atom. The first kappa shape index (κ1) is 16.8. The topological polar surface area (TPSA) is 9.23 Å². The molecule has 1 saturated carbocycles. The molecule has 0 spiro atoms. The molecule has 0 aromatic carbocycles. The molecule has 2 fully saturated rings. The molecule has 118 valence electrons. The highest BCUT2D eigenvalue weighted by Crippen LogP contribution is 2.68. The number of fused-ring (bicyclic) bond motifs is 1. The van der Waals surface area contributed by atoms with Crippen LogP contribution in [0.25, 0.3) is 0 Å². The van der Waals surface area contributed by atoms with Crippen LogP contribution in [0, 0.1) is 5.92 Å². The van der Waals surface area contributed by atoms with Gasteiger partial charge in [-0.15, -0.1) is 0 Å². The van der Waals surface area contributed by atoms with E-state index in [0.29, 0.717) is 16.2 Å². The Morgan fingerprint density at radius 3 is 1.80 bits per heavy atom. The first-order valence-electron chi connectivity index (χ1n) is 8.50. The van der Waals surface area contributed by atoms with Crippen molar-refractivity contribution in [1.82, 2.24) is 0 Å². The highest BCUT2D eigenvalue weighted by Gasteiger charge is 2.70. The molecular formula is C17H36OSi2.